The van der Waals surface area contributed by atoms with Crippen molar-refractivity contribution in [1.29, 1.82) is 0 Å². The van der Waals surface area contributed by atoms with Crippen molar-refractivity contribution in [2.24, 2.45) is 0 Å². The van der Waals surface area contributed by atoms with Crippen molar-refractivity contribution in [3.63, 3.8) is 0 Å². The van der Waals surface area contributed by atoms with Crippen molar-refractivity contribution in [2.75, 3.05) is 6.54 Å². The minimum Gasteiger partial charge on any atom is -0.440 e. The molecule has 138 valence electrons. The van der Waals surface area contributed by atoms with Crippen LogP contribution in [-0.4, -0.2) is 17.5 Å². The van der Waals surface area contributed by atoms with Crippen LogP contribution < -0.4 is 0 Å². The highest BCUT2D eigenvalue weighted by Crippen LogP contribution is 2.34. The molecular weight excluding hydrogens is 361 g/mol. The van der Waals surface area contributed by atoms with Crippen LogP contribution in [0, 0.1) is 5.82 Å². The van der Waals surface area contributed by atoms with Crippen LogP contribution >= 0.6 is 11.3 Å². The molecule has 0 saturated carbocycles. The summed E-state index contributed by atoms with van der Waals surface area (Å²) in [4.78, 5) is 15.4. The molecule has 0 aliphatic carbocycles. The van der Waals surface area contributed by atoms with E-state index in [1.807, 2.05) is 48.7 Å². The van der Waals surface area contributed by atoms with Gasteiger partial charge in [0, 0.05) is 17.8 Å². The first-order chi connectivity index (χ1) is 13.1. The number of carbonyl (C=O) groups is 1. The summed E-state index contributed by atoms with van der Waals surface area (Å²) < 4.78 is 18.7. The summed E-state index contributed by atoms with van der Waals surface area (Å²) in [6.07, 6.45) is 0.390. The lowest BCUT2D eigenvalue weighted by Gasteiger charge is -2.35. The lowest BCUT2D eigenvalue weighted by molar-refractivity contribution is 0.0137. The second-order valence-corrected chi connectivity index (χ2v) is 7.65. The normalized spacial score (nSPS) is 18.2. The summed E-state index contributed by atoms with van der Waals surface area (Å²) in [6, 6.07) is 18.4. The summed E-state index contributed by atoms with van der Waals surface area (Å²) >= 11 is 1.62. The fraction of sp³-hybridized carbons (Fsp3) is 0.227. The van der Waals surface area contributed by atoms with E-state index in [0.29, 0.717) is 6.54 Å². The molecule has 1 aliphatic rings. The second-order valence-electron chi connectivity index (χ2n) is 6.67. The number of hydrogen-bond donors (Lipinski definition) is 0. The number of cyclic esters (lactones) is 1. The SMILES string of the molecule is CC(c1ccc(-c2ccc(F)cc2)cc1)N1CCC(c2cccs2)OC1=O. The third-order valence-electron chi connectivity index (χ3n) is 5.01. The Kier molecular flexibility index (Phi) is 4.94. The van der Waals surface area contributed by atoms with Gasteiger partial charge in [-0.2, -0.15) is 0 Å². The molecule has 0 spiro atoms. The summed E-state index contributed by atoms with van der Waals surface area (Å²) in [6.45, 7) is 2.68. The fourth-order valence-electron chi connectivity index (χ4n) is 3.40. The summed E-state index contributed by atoms with van der Waals surface area (Å²) in [5.74, 6) is -0.242. The molecule has 5 heteroatoms. The number of rotatable bonds is 4. The van der Waals surface area contributed by atoms with Crippen LogP contribution in [0.2, 0.25) is 0 Å². The number of carbonyl (C=O) groups excluding carboxylic acids is 1. The van der Waals surface area contributed by atoms with E-state index >= 15 is 0 Å². The van der Waals surface area contributed by atoms with Crippen LogP contribution in [0.25, 0.3) is 11.1 Å². The maximum absolute atomic E-state index is 13.1. The van der Waals surface area contributed by atoms with Gasteiger partial charge < -0.3 is 9.64 Å². The zero-order chi connectivity index (χ0) is 18.8. The first-order valence-corrected chi connectivity index (χ1v) is 9.86. The quantitative estimate of drug-likeness (QED) is 0.538. The van der Waals surface area contributed by atoms with Gasteiger partial charge in [-0.25, -0.2) is 9.18 Å². The smallest absolute Gasteiger partial charge is 0.410 e. The van der Waals surface area contributed by atoms with Gasteiger partial charge in [-0.1, -0.05) is 42.5 Å². The molecule has 0 radical (unpaired) electrons. The maximum Gasteiger partial charge on any atom is 0.410 e. The largest absolute Gasteiger partial charge is 0.440 e. The highest BCUT2D eigenvalue weighted by molar-refractivity contribution is 7.10. The van der Waals surface area contributed by atoms with Gasteiger partial charge in [0.1, 0.15) is 11.9 Å². The summed E-state index contributed by atoms with van der Waals surface area (Å²) in [5.41, 5.74) is 3.03. The zero-order valence-electron chi connectivity index (χ0n) is 15.0. The molecular formula is C22H20FNO2S. The van der Waals surface area contributed by atoms with Crippen LogP contribution in [0.5, 0.6) is 0 Å². The fourth-order valence-corrected chi connectivity index (χ4v) is 4.19. The van der Waals surface area contributed by atoms with Gasteiger partial charge in [0.05, 0.1) is 6.04 Å². The number of amides is 1. The van der Waals surface area contributed by atoms with Crippen LogP contribution in [0.1, 0.15) is 35.9 Å². The third kappa shape index (κ3) is 3.74. The predicted octanol–water partition coefficient (Wildman–Crippen LogP) is 6.20. The number of benzene rings is 2. The molecule has 1 aromatic heterocycles. The van der Waals surface area contributed by atoms with Crippen LogP contribution in [0.3, 0.4) is 0 Å². The van der Waals surface area contributed by atoms with Crippen LogP contribution in [0.4, 0.5) is 9.18 Å². The Balaban J connectivity index is 1.45. The van der Waals surface area contributed by atoms with E-state index in [4.69, 9.17) is 4.74 Å². The van der Waals surface area contributed by atoms with Crippen molar-refractivity contribution in [1.82, 2.24) is 4.90 Å². The van der Waals surface area contributed by atoms with Crippen molar-refractivity contribution in [3.05, 3.63) is 82.3 Å². The lowest BCUT2D eigenvalue weighted by atomic mass is 10.0. The monoisotopic (exact) mass is 381 g/mol. The van der Waals surface area contributed by atoms with Crippen LogP contribution in [-0.2, 0) is 4.74 Å². The molecule has 0 N–H and O–H groups in total. The molecule has 2 aromatic carbocycles. The van der Waals surface area contributed by atoms with Gasteiger partial charge in [-0.15, -0.1) is 11.3 Å². The Hall–Kier alpha value is -2.66. The maximum atomic E-state index is 13.1. The molecule has 1 saturated heterocycles. The zero-order valence-corrected chi connectivity index (χ0v) is 15.8. The highest BCUT2D eigenvalue weighted by atomic mass is 32.1. The summed E-state index contributed by atoms with van der Waals surface area (Å²) in [7, 11) is 0. The number of thiophene rings is 1. The Morgan fingerprint density at radius 3 is 2.33 bits per heavy atom. The topological polar surface area (TPSA) is 29.5 Å². The third-order valence-corrected chi connectivity index (χ3v) is 5.97. The molecule has 1 amide bonds. The van der Waals surface area contributed by atoms with E-state index in [-0.39, 0.29) is 24.1 Å². The molecule has 0 bridgehead atoms. The van der Waals surface area contributed by atoms with E-state index in [2.05, 4.69) is 0 Å². The van der Waals surface area contributed by atoms with Crippen molar-refractivity contribution < 1.29 is 13.9 Å². The Labute approximate surface area is 162 Å². The van der Waals surface area contributed by atoms with Gasteiger partial charge >= 0.3 is 6.09 Å². The average Bonchev–Trinajstić information content (AvgIpc) is 3.23. The molecule has 27 heavy (non-hydrogen) atoms. The minimum absolute atomic E-state index is 0.0657. The molecule has 1 aliphatic heterocycles. The highest BCUT2D eigenvalue weighted by Gasteiger charge is 2.32. The van der Waals surface area contributed by atoms with E-state index in [0.717, 1.165) is 28.0 Å². The second kappa shape index (κ2) is 7.53. The van der Waals surface area contributed by atoms with E-state index < -0.39 is 0 Å². The summed E-state index contributed by atoms with van der Waals surface area (Å²) in [5, 5.41) is 2.00. The van der Waals surface area contributed by atoms with Crippen molar-refractivity contribution in [2.45, 2.75) is 25.5 Å². The van der Waals surface area contributed by atoms with Crippen molar-refractivity contribution in [3.8, 4) is 11.1 Å². The van der Waals surface area contributed by atoms with Gasteiger partial charge in [0.2, 0.25) is 0 Å². The first kappa shape index (κ1) is 17.7. The standard InChI is InChI=1S/C22H20FNO2S/c1-15(24-13-12-20(26-22(24)25)21-3-2-14-27-21)16-4-6-17(7-5-16)18-8-10-19(23)11-9-18/h2-11,14-15,20H,12-13H2,1H3. The van der Waals surface area contributed by atoms with Gasteiger partial charge in [-0.05, 0) is 47.2 Å². The van der Waals surface area contributed by atoms with E-state index in [9.17, 15) is 9.18 Å². The van der Waals surface area contributed by atoms with Crippen LogP contribution in [0.15, 0.2) is 66.0 Å². The van der Waals surface area contributed by atoms with Gasteiger partial charge in [-0.3, -0.25) is 0 Å². The average molecular weight is 381 g/mol. The van der Waals surface area contributed by atoms with Gasteiger partial charge in [0.25, 0.3) is 0 Å². The Morgan fingerprint density at radius 1 is 1.07 bits per heavy atom. The number of nitrogens with zero attached hydrogens (tertiary/aromatic N) is 1. The first-order valence-electron chi connectivity index (χ1n) is 8.98. The van der Waals surface area contributed by atoms with E-state index in [1.54, 1.807) is 28.4 Å². The predicted molar refractivity (Wildman–Crippen MR) is 105 cm³/mol. The molecule has 4 rings (SSSR count). The molecule has 3 nitrogen and oxygen atoms in total. The number of hydrogen-bond acceptors (Lipinski definition) is 3. The Morgan fingerprint density at radius 2 is 1.74 bits per heavy atom. The molecule has 2 unspecified atom stereocenters. The molecule has 2 atom stereocenters. The van der Waals surface area contributed by atoms with Gasteiger partial charge in [0.15, 0.2) is 0 Å². The molecule has 1 fully saturated rings. The minimum atomic E-state index is -0.269. The molecule has 3 aromatic rings. The molecule has 2 heterocycles. The Bertz CT molecular complexity index is 907. The van der Waals surface area contributed by atoms with E-state index in [1.165, 1.54) is 12.1 Å². The number of halogens is 1. The number of ether oxygens (including phenoxy) is 1. The lowest BCUT2D eigenvalue weighted by Crippen LogP contribution is -2.40. The van der Waals surface area contributed by atoms with Crippen molar-refractivity contribution >= 4 is 17.4 Å².